The topological polar surface area (TPSA) is 78.3 Å². The molecular weight excluding hydrogens is 292 g/mol. The predicted octanol–water partition coefficient (Wildman–Crippen LogP) is 2.78. The Morgan fingerprint density at radius 1 is 1.13 bits per heavy atom. The molecule has 0 spiro atoms. The normalized spacial score (nSPS) is 14.5. The number of carbonyl (C=O) groups is 1. The first-order chi connectivity index (χ1) is 11.2. The Kier molecular flexibility index (Phi) is 4.71. The third kappa shape index (κ3) is 3.97. The lowest BCUT2D eigenvalue weighted by Crippen LogP contribution is -2.31. The number of anilines is 2. The van der Waals surface area contributed by atoms with Gasteiger partial charge in [-0.2, -0.15) is 4.98 Å². The minimum absolute atomic E-state index is 0.295. The summed E-state index contributed by atoms with van der Waals surface area (Å²) in [6.45, 7) is 2.62. The van der Waals surface area contributed by atoms with Gasteiger partial charge in [0.1, 0.15) is 5.82 Å². The van der Waals surface area contributed by atoms with E-state index in [9.17, 15) is 4.79 Å². The van der Waals surface area contributed by atoms with E-state index < -0.39 is 5.97 Å². The van der Waals surface area contributed by atoms with Gasteiger partial charge in [-0.1, -0.05) is 12.1 Å². The van der Waals surface area contributed by atoms with Crippen LogP contribution in [0.25, 0.3) is 0 Å². The minimum atomic E-state index is -0.911. The minimum Gasteiger partial charge on any atom is -0.478 e. The van der Waals surface area contributed by atoms with Crippen LogP contribution in [0.5, 0.6) is 0 Å². The van der Waals surface area contributed by atoms with Crippen LogP contribution in [0.2, 0.25) is 0 Å². The number of hydrogen-bond acceptors (Lipinski definition) is 5. The van der Waals surface area contributed by atoms with Crippen molar-refractivity contribution in [1.82, 2.24) is 9.97 Å². The monoisotopic (exact) mass is 312 g/mol. The van der Waals surface area contributed by atoms with Crippen molar-refractivity contribution in [3.8, 4) is 0 Å². The molecule has 0 aliphatic carbocycles. The molecule has 0 unspecified atom stereocenters. The molecule has 1 aromatic heterocycles. The molecule has 1 saturated heterocycles. The van der Waals surface area contributed by atoms with E-state index in [0.29, 0.717) is 12.1 Å². The van der Waals surface area contributed by atoms with Crippen molar-refractivity contribution in [1.29, 1.82) is 0 Å². The fourth-order valence-corrected chi connectivity index (χ4v) is 2.65. The number of piperidine rings is 1. The summed E-state index contributed by atoms with van der Waals surface area (Å²) in [7, 11) is 0. The van der Waals surface area contributed by atoms with Crippen molar-refractivity contribution >= 4 is 17.7 Å². The smallest absolute Gasteiger partial charge is 0.335 e. The summed E-state index contributed by atoms with van der Waals surface area (Å²) in [4.78, 5) is 22.0. The molecule has 120 valence electrons. The van der Waals surface area contributed by atoms with E-state index in [0.717, 1.165) is 30.4 Å². The largest absolute Gasteiger partial charge is 0.478 e. The molecule has 2 aromatic rings. The van der Waals surface area contributed by atoms with Crippen LogP contribution in [-0.2, 0) is 6.54 Å². The molecule has 2 N–H and O–H groups in total. The van der Waals surface area contributed by atoms with Gasteiger partial charge in [-0.3, -0.25) is 0 Å². The molecule has 0 amide bonds. The Hall–Kier alpha value is -2.63. The van der Waals surface area contributed by atoms with Crippen LogP contribution in [0.3, 0.4) is 0 Å². The average molecular weight is 312 g/mol. The molecular formula is C17H20N4O2. The van der Waals surface area contributed by atoms with Gasteiger partial charge >= 0.3 is 5.97 Å². The molecule has 23 heavy (non-hydrogen) atoms. The lowest BCUT2D eigenvalue weighted by molar-refractivity contribution is 0.0697. The Labute approximate surface area is 135 Å². The highest BCUT2D eigenvalue weighted by molar-refractivity contribution is 5.87. The molecule has 3 rings (SSSR count). The molecule has 2 heterocycles. The zero-order valence-electron chi connectivity index (χ0n) is 12.9. The van der Waals surface area contributed by atoms with Crippen LogP contribution < -0.4 is 10.2 Å². The van der Waals surface area contributed by atoms with Crippen LogP contribution in [0.4, 0.5) is 11.8 Å². The summed E-state index contributed by atoms with van der Waals surface area (Å²) in [5.41, 5.74) is 1.30. The first-order valence-corrected chi connectivity index (χ1v) is 7.86. The molecule has 0 radical (unpaired) electrons. The van der Waals surface area contributed by atoms with Gasteiger partial charge < -0.3 is 15.3 Å². The van der Waals surface area contributed by atoms with Gasteiger partial charge in [0.25, 0.3) is 0 Å². The first kappa shape index (κ1) is 15.3. The zero-order chi connectivity index (χ0) is 16.1. The number of rotatable bonds is 5. The SMILES string of the molecule is O=C(O)c1ccc(CNc2ccnc(N3CCCCC3)n2)cc1. The summed E-state index contributed by atoms with van der Waals surface area (Å²) < 4.78 is 0. The van der Waals surface area contributed by atoms with Gasteiger partial charge in [0.2, 0.25) is 5.95 Å². The maximum absolute atomic E-state index is 10.8. The number of benzene rings is 1. The number of nitrogens with one attached hydrogen (secondary N) is 1. The highest BCUT2D eigenvalue weighted by atomic mass is 16.4. The number of aromatic nitrogens is 2. The van der Waals surface area contributed by atoms with Crippen molar-refractivity contribution in [2.45, 2.75) is 25.8 Å². The van der Waals surface area contributed by atoms with Gasteiger partial charge in [-0.25, -0.2) is 9.78 Å². The van der Waals surface area contributed by atoms with E-state index in [1.807, 2.05) is 18.2 Å². The third-order valence-corrected chi connectivity index (χ3v) is 3.96. The van der Waals surface area contributed by atoms with Crippen molar-refractivity contribution in [3.05, 3.63) is 47.7 Å². The fourth-order valence-electron chi connectivity index (χ4n) is 2.65. The molecule has 1 aliphatic rings. The van der Waals surface area contributed by atoms with Crippen molar-refractivity contribution in [3.63, 3.8) is 0 Å². The van der Waals surface area contributed by atoms with Crippen molar-refractivity contribution in [2.24, 2.45) is 0 Å². The molecule has 1 fully saturated rings. The fraction of sp³-hybridized carbons (Fsp3) is 0.353. The number of carboxylic acids is 1. The quantitative estimate of drug-likeness (QED) is 0.884. The lowest BCUT2D eigenvalue weighted by Gasteiger charge is -2.26. The molecule has 0 bridgehead atoms. The highest BCUT2D eigenvalue weighted by Gasteiger charge is 2.13. The van der Waals surface area contributed by atoms with E-state index in [1.165, 1.54) is 19.3 Å². The molecule has 1 aromatic carbocycles. The summed E-state index contributed by atoms with van der Waals surface area (Å²) in [5.74, 6) is 0.644. The molecule has 1 aliphatic heterocycles. The van der Waals surface area contributed by atoms with Crippen LogP contribution in [0, 0.1) is 0 Å². The molecule has 0 saturated carbocycles. The number of aromatic carboxylic acids is 1. The van der Waals surface area contributed by atoms with E-state index in [2.05, 4.69) is 20.2 Å². The zero-order valence-corrected chi connectivity index (χ0v) is 12.9. The summed E-state index contributed by atoms with van der Waals surface area (Å²) >= 11 is 0. The van der Waals surface area contributed by atoms with Crippen molar-refractivity contribution in [2.75, 3.05) is 23.3 Å². The number of carboxylic acid groups (broad SMARTS) is 1. The maximum Gasteiger partial charge on any atom is 0.335 e. The first-order valence-electron chi connectivity index (χ1n) is 7.86. The molecule has 0 atom stereocenters. The van der Waals surface area contributed by atoms with Crippen LogP contribution in [0.15, 0.2) is 36.5 Å². The second-order valence-electron chi connectivity index (χ2n) is 5.65. The van der Waals surface area contributed by atoms with Gasteiger partial charge in [-0.15, -0.1) is 0 Å². The van der Waals surface area contributed by atoms with E-state index in [4.69, 9.17) is 5.11 Å². The highest BCUT2D eigenvalue weighted by Crippen LogP contribution is 2.17. The predicted molar refractivity (Wildman–Crippen MR) is 88.8 cm³/mol. The van der Waals surface area contributed by atoms with Gasteiger partial charge in [0.05, 0.1) is 5.56 Å². The third-order valence-electron chi connectivity index (χ3n) is 3.96. The van der Waals surface area contributed by atoms with Gasteiger partial charge in [0.15, 0.2) is 0 Å². The van der Waals surface area contributed by atoms with Gasteiger partial charge in [-0.05, 0) is 43.0 Å². The van der Waals surface area contributed by atoms with Crippen LogP contribution in [0.1, 0.15) is 35.2 Å². The Bertz CT molecular complexity index is 667. The van der Waals surface area contributed by atoms with Crippen LogP contribution >= 0.6 is 0 Å². The second kappa shape index (κ2) is 7.09. The lowest BCUT2D eigenvalue weighted by atomic mass is 10.1. The Balaban J connectivity index is 1.62. The average Bonchev–Trinajstić information content (AvgIpc) is 2.61. The summed E-state index contributed by atoms with van der Waals surface area (Å²) in [5, 5.41) is 12.2. The van der Waals surface area contributed by atoms with E-state index in [-0.39, 0.29) is 0 Å². The standard InChI is InChI=1S/C17H20N4O2/c22-16(23)14-6-4-13(5-7-14)12-19-15-8-9-18-17(20-15)21-10-2-1-3-11-21/h4-9H,1-3,10-12H2,(H,22,23)(H,18,19,20). The number of hydrogen-bond donors (Lipinski definition) is 2. The van der Waals surface area contributed by atoms with Crippen molar-refractivity contribution < 1.29 is 9.90 Å². The molecule has 6 nitrogen and oxygen atoms in total. The van der Waals surface area contributed by atoms with Crippen LogP contribution in [-0.4, -0.2) is 34.1 Å². The van der Waals surface area contributed by atoms with Gasteiger partial charge in [0, 0.05) is 25.8 Å². The van der Waals surface area contributed by atoms with E-state index in [1.54, 1.807) is 18.3 Å². The Morgan fingerprint density at radius 3 is 2.57 bits per heavy atom. The Morgan fingerprint density at radius 2 is 1.87 bits per heavy atom. The second-order valence-corrected chi connectivity index (χ2v) is 5.65. The number of nitrogens with zero attached hydrogens (tertiary/aromatic N) is 3. The maximum atomic E-state index is 10.8. The summed E-state index contributed by atoms with van der Waals surface area (Å²) in [6.07, 6.45) is 5.43. The van der Waals surface area contributed by atoms with E-state index >= 15 is 0 Å². The molecule has 6 heteroatoms. The summed E-state index contributed by atoms with van der Waals surface area (Å²) in [6, 6.07) is 8.68.